The summed E-state index contributed by atoms with van der Waals surface area (Å²) < 4.78 is 1.86. The molecule has 1 saturated heterocycles. The molecule has 1 aliphatic rings. The molecule has 0 aliphatic carbocycles. The van der Waals surface area contributed by atoms with Gasteiger partial charge in [0.25, 0.3) is 0 Å². The van der Waals surface area contributed by atoms with Crippen LogP contribution >= 0.6 is 23.4 Å². The molecular formula is C21H21ClN6O2S. The first-order chi connectivity index (χ1) is 14.9. The van der Waals surface area contributed by atoms with Crippen molar-refractivity contribution in [2.45, 2.75) is 35.7 Å². The summed E-state index contributed by atoms with van der Waals surface area (Å²) in [6.45, 7) is 0. The van der Waals surface area contributed by atoms with Crippen molar-refractivity contribution in [1.82, 2.24) is 19.5 Å². The van der Waals surface area contributed by atoms with Gasteiger partial charge >= 0.3 is 0 Å². The third-order valence-electron chi connectivity index (χ3n) is 5.73. The highest BCUT2D eigenvalue weighted by atomic mass is 35.5. The Morgan fingerprint density at radius 2 is 1.90 bits per heavy atom. The van der Waals surface area contributed by atoms with Crippen LogP contribution < -0.4 is 11.5 Å². The molecule has 4 heterocycles. The molecule has 0 radical (unpaired) electrons. The Morgan fingerprint density at radius 3 is 2.74 bits per heavy atom. The van der Waals surface area contributed by atoms with Crippen LogP contribution in [0, 0.1) is 0 Å². The molecule has 8 nitrogen and oxygen atoms in total. The molecule has 1 aliphatic heterocycles. The quantitative estimate of drug-likeness (QED) is 0.368. The van der Waals surface area contributed by atoms with E-state index in [0.29, 0.717) is 28.7 Å². The molecule has 5 rings (SSSR count). The Kier molecular flexibility index (Phi) is 5.13. The van der Waals surface area contributed by atoms with Crippen molar-refractivity contribution >= 4 is 56.9 Å². The lowest BCUT2D eigenvalue weighted by Gasteiger charge is -2.17. The summed E-state index contributed by atoms with van der Waals surface area (Å²) in [5.41, 5.74) is 14.3. The number of nitrogen functional groups attached to an aromatic ring is 2. The van der Waals surface area contributed by atoms with Gasteiger partial charge in [-0.1, -0.05) is 23.7 Å². The highest BCUT2D eigenvalue weighted by molar-refractivity contribution is 8.00. The van der Waals surface area contributed by atoms with E-state index < -0.39 is 12.2 Å². The predicted molar refractivity (Wildman–Crippen MR) is 124 cm³/mol. The zero-order chi connectivity index (χ0) is 21.7. The molecule has 0 unspecified atom stereocenters. The van der Waals surface area contributed by atoms with Crippen LogP contribution in [0.5, 0.6) is 0 Å². The van der Waals surface area contributed by atoms with Crippen LogP contribution in [-0.2, 0) is 6.42 Å². The molecular weight excluding hydrogens is 436 g/mol. The molecule has 4 atom stereocenters. The van der Waals surface area contributed by atoms with Crippen molar-refractivity contribution in [3.8, 4) is 0 Å². The monoisotopic (exact) mass is 456 g/mol. The summed E-state index contributed by atoms with van der Waals surface area (Å²) in [6.07, 6.45) is 2.90. The first-order valence-corrected chi connectivity index (χ1v) is 11.2. The normalized spacial score (nSPS) is 23.7. The average Bonchev–Trinajstić information content (AvgIpc) is 3.30. The summed E-state index contributed by atoms with van der Waals surface area (Å²) in [7, 11) is 0. The van der Waals surface area contributed by atoms with E-state index in [9.17, 15) is 10.2 Å². The van der Waals surface area contributed by atoms with E-state index in [2.05, 4.69) is 15.0 Å². The molecule has 31 heavy (non-hydrogen) atoms. The Labute approximate surface area is 187 Å². The maximum atomic E-state index is 10.7. The van der Waals surface area contributed by atoms with Crippen LogP contribution in [0.2, 0.25) is 5.02 Å². The fourth-order valence-electron chi connectivity index (χ4n) is 4.06. The van der Waals surface area contributed by atoms with Crippen LogP contribution in [0.15, 0.2) is 42.9 Å². The summed E-state index contributed by atoms with van der Waals surface area (Å²) in [5, 5.41) is 23.0. The van der Waals surface area contributed by atoms with Crippen LogP contribution in [0.3, 0.4) is 0 Å². The first kappa shape index (κ1) is 20.3. The fraction of sp³-hybridized carbons (Fsp3) is 0.286. The van der Waals surface area contributed by atoms with Crippen LogP contribution in [0.4, 0.5) is 11.6 Å². The fourth-order valence-corrected chi connectivity index (χ4v) is 5.78. The number of thioether (sulfide) groups is 1. The molecule has 0 spiro atoms. The Morgan fingerprint density at radius 1 is 1.06 bits per heavy atom. The van der Waals surface area contributed by atoms with Crippen molar-refractivity contribution in [3.05, 3.63) is 53.4 Å². The van der Waals surface area contributed by atoms with Crippen LogP contribution in [-0.4, -0.2) is 47.2 Å². The highest BCUT2D eigenvalue weighted by Crippen LogP contribution is 2.45. The highest BCUT2D eigenvalue weighted by Gasteiger charge is 2.43. The lowest BCUT2D eigenvalue weighted by atomic mass is 10.0. The Balaban J connectivity index is 1.34. The van der Waals surface area contributed by atoms with Gasteiger partial charge in [-0.3, -0.25) is 0 Å². The SMILES string of the molecule is Nc1nc2cc(CC[C@H]3S[C@@H](n4ccc5c(N)ncnc54)[C@H](O)[C@@H]3O)ccc2cc1Cl. The predicted octanol–water partition coefficient (Wildman–Crippen LogP) is 2.77. The van der Waals surface area contributed by atoms with Crippen molar-refractivity contribution in [2.24, 2.45) is 0 Å². The molecule has 1 aromatic carbocycles. The van der Waals surface area contributed by atoms with Crippen LogP contribution in [0.25, 0.3) is 21.9 Å². The van der Waals surface area contributed by atoms with E-state index in [1.54, 1.807) is 17.8 Å². The van der Waals surface area contributed by atoms with Gasteiger partial charge in [-0.2, -0.15) is 0 Å². The smallest absolute Gasteiger partial charge is 0.146 e. The third-order valence-corrected chi connectivity index (χ3v) is 7.68. The standard InChI is InChI=1S/C21H21ClN6O2S/c22-13-8-11-3-1-10(7-14(11)27-19(13)24)2-4-15-16(29)17(30)21(31-15)28-6-5-12-18(23)25-9-26-20(12)28/h1,3,5-9,15-17,21,29-30H,2,4H2,(H2,24,27)(H2,23,25,26)/t15-,16-,17-,21-/m1/s1. The minimum absolute atomic E-state index is 0.129. The second-order valence-electron chi connectivity index (χ2n) is 7.69. The van der Waals surface area contributed by atoms with Gasteiger partial charge in [0.15, 0.2) is 0 Å². The van der Waals surface area contributed by atoms with Gasteiger partial charge in [-0.05, 0) is 36.6 Å². The minimum Gasteiger partial charge on any atom is -0.389 e. The van der Waals surface area contributed by atoms with Crippen molar-refractivity contribution < 1.29 is 10.2 Å². The number of halogens is 1. The largest absolute Gasteiger partial charge is 0.389 e. The first-order valence-electron chi connectivity index (χ1n) is 9.85. The van der Waals surface area contributed by atoms with E-state index in [4.69, 9.17) is 23.1 Å². The number of rotatable bonds is 4. The molecule has 160 valence electrons. The maximum Gasteiger partial charge on any atom is 0.146 e. The number of hydrogen-bond donors (Lipinski definition) is 4. The lowest BCUT2D eigenvalue weighted by Crippen LogP contribution is -2.31. The van der Waals surface area contributed by atoms with Crippen LogP contribution in [0.1, 0.15) is 17.4 Å². The Hall–Kier alpha value is -2.59. The maximum absolute atomic E-state index is 10.7. The topological polar surface area (TPSA) is 136 Å². The molecule has 6 N–H and O–H groups in total. The Bertz CT molecular complexity index is 1280. The van der Waals surface area contributed by atoms with Gasteiger partial charge in [0.1, 0.15) is 35.1 Å². The minimum atomic E-state index is -0.915. The van der Waals surface area contributed by atoms with E-state index in [0.717, 1.165) is 28.3 Å². The zero-order valence-corrected chi connectivity index (χ0v) is 18.0. The van der Waals surface area contributed by atoms with Gasteiger partial charge in [-0.25, -0.2) is 15.0 Å². The number of aliphatic hydroxyl groups is 2. The lowest BCUT2D eigenvalue weighted by molar-refractivity contribution is 0.0176. The molecule has 0 saturated carbocycles. The second-order valence-corrected chi connectivity index (χ2v) is 9.45. The van der Waals surface area contributed by atoms with Gasteiger partial charge in [-0.15, -0.1) is 11.8 Å². The second kappa shape index (κ2) is 7.83. The summed E-state index contributed by atoms with van der Waals surface area (Å²) in [5.74, 6) is 0.701. The number of nitrogens with zero attached hydrogens (tertiary/aromatic N) is 4. The zero-order valence-electron chi connectivity index (χ0n) is 16.4. The third kappa shape index (κ3) is 3.57. The van der Waals surface area contributed by atoms with Gasteiger partial charge in [0, 0.05) is 16.8 Å². The van der Waals surface area contributed by atoms with E-state index in [-0.39, 0.29) is 10.6 Å². The molecule has 3 aromatic heterocycles. The summed E-state index contributed by atoms with van der Waals surface area (Å²) in [6, 6.07) is 9.61. The van der Waals surface area contributed by atoms with Crippen molar-refractivity contribution in [1.29, 1.82) is 0 Å². The number of aliphatic hydroxyl groups excluding tert-OH is 2. The van der Waals surface area contributed by atoms with Gasteiger partial charge in [0.05, 0.1) is 22.0 Å². The summed E-state index contributed by atoms with van der Waals surface area (Å²) >= 11 is 7.59. The number of nitrogens with two attached hydrogens (primary N) is 2. The molecule has 0 bridgehead atoms. The molecule has 10 heteroatoms. The number of anilines is 2. The number of pyridine rings is 1. The summed E-state index contributed by atoms with van der Waals surface area (Å²) in [4.78, 5) is 12.7. The molecule has 0 amide bonds. The molecule has 4 aromatic rings. The number of aryl methyl sites for hydroxylation is 1. The number of benzene rings is 1. The average molecular weight is 457 g/mol. The number of hydrogen-bond acceptors (Lipinski definition) is 8. The van der Waals surface area contributed by atoms with E-state index >= 15 is 0 Å². The number of aromatic nitrogens is 4. The van der Waals surface area contributed by atoms with Gasteiger partial charge < -0.3 is 26.2 Å². The molecule has 1 fully saturated rings. The van der Waals surface area contributed by atoms with E-state index in [1.807, 2.05) is 35.0 Å². The van der Waals surface area contributed by atoms with E-state index in [1.165, 1.54) is 6.33 Å². The van der Waals surface area contributed by atoms with Crippen molar-refractivity contribution in [2.75, 3.05) is 11.5 Å². The number of fused-ring (bicyclic) bond motifs is 2. The van der Waals surface area contributed by atoms with Gasteiger partial charge in [0.2, 0.25) is 0 Å². The van der Waals surface area contributed by atoms with Crippen molar-refractivity contribution in [3.63, 3.8) is 0 Å².